The lowest BCUT2D eigenvalue weighted by atomic mass is 9.85. The first-order valence-electron chi connectivity index (χ1n) is 7.75. The number of unbranched alkanes of at least 4 members (excludes halogenated alkanes) is 5. The second-order valence-corrected chi connectivity index (χ2v) is 6.47. The largest absolute Gasteiger partial charge is 0.165 e. The van der Waals surface area contributed by atoms with Crippen LogP contribution >= 0.6 is 11.8 Å². The van der Waals surface area contributed by atoms with Gasteiger partial charge in [-0.05, 0) is 30.3 Å². The lowest BCUT2D eigenvalue weighted by molar-refractivity contribution is 0.308. The molecule has 0 fully saturated rings. The minimum Gasteiger partial charge on any atom is -0.165 e. The van der Waals surface area contributed by atoms with E-state index in [0.29, 0.717) is 0 Å². The molecule has 0 saturated carbocycles. The molecule has 0 aliphatic rings. The van der Waals surface area contributed by atoms with Crippen LogP contribution in [0.2, 0.25) is 0 Å². The van der Waals surface area contributed by atoms with E-state index in [4.69, 9.17) is 0 Å². The summed E-state index contributed by atoms with van der Waals surface area (Å²) in [4.78, 5) is 0. The van der Waals surface area contributed by atoms with E-state index in [9.17, 15) is 0 Å². The summed E-state index contributed by atoms with van der Waals surface area (Å²) in [6.07, 6.45) is 15.1. The van der Waals surface area contributed by atoms with E-state index >= 15 is 0 Å². The van der Waals surface area contributed by atoms with Crippen molar-refractivity contribution in [2.24, 2.45) is 11.8 Å². The van der Waals surface area contributed by atoms with Crippen LogP contribution in [-0.4, -0.2) is 12.0 Å². The van der Waals surface area contributed by atoms with Gasteiger partial charge in [-0.3, -0.25) is 0 Å². The Bertz CT molecular complexity index is 144. The summed E-state index contributed by atoms with van der Waals surface area (Å²) in [5.74, 6) is 3.25. The van der Waals surface area contributed by atoms with Crippen LogP contribution in [0.1, 0.15) is 78.6 Å². The predicted molar refractivity (Wildman–Crippen MR) is 83.9 cm³/mol. The van der Waals surface area contributed by atoms with Crippen molar-refractivity contribution in [3.63, 3.8) is 0 Å². The molecule has 0 spiro atoms. The summed E-state index contributed by atoms with van der Waals surface area (Å²) < 4.78 is 0. The van der Waals surface area contributed by atoms with Crippen molar-refractivity contribution in [1.29, 1.82) is 0 Å². The van der Waals surface area contributed by atoms with Gasteiger partial charge in [0.05, 0.1) is 0 Å². The van der Waals surface area contributed by atoms with E-state index < -0.39 is 0 Å². The van der Waals surface area contributed by atoms with Crippen molar-refractivity contribution in [3.8, 4) is 0 Å². The van der Waals surface area contributed by atoms with Gasteiger partial charge in [0.15, 0.2) is 0 Å². The highest BCUT2D eigenvalue weighted by Gasteiger charge is 2.14. The highest BCUT2D eigenvalue weighted by Crippen LogP contribution is 2.26. The molecule has 17 heavy (non-hydrogen) atoms. The monoisotopic (exact) mass is 258 g/mol. The molecule has 1 heteroatoms. The molecule has 0 aromatic carbocycles. The first kappa shape index (κ1) is 17.4. The van der Waals surface area contributed by atoms with Crippen molar-refractivity contribution in [2.75, 3.05) is 12.0 Å². The van der Waals surface area contributed by atoms with Crippen molar-refractivity contribution >= 4 is 11.8 Å². The Balaban J connectivity index is 3.52. The van der Waals surface area contributed by atoms with Gasteiger partial charge < -0.3 is 0 Å². The maximum absolute atomic E-state index is 2.46. The summed E-state index contributed by atoms with van der Waals surface area (Å²) in [5, 5.41) is 0. The van der Waals surface area contributed by atoms with Gasteiger partial charge in [0, 0.05) is 0 Å². The molecule has 0 aromatic heterocycles. The van der Waals surface area contributed by atoms with Crippen LogP contribution in [0.3, 0.4) is 0 Å². The molecular formula is C16H34S. The van der Waals surface area contributed by atoms with Crippen molar-refractivity contribution in [1.82, 2.24) is 0 Å². The summed E-state index contributed by atoms with van der Waals surface area (Å²) in [6, 6.07) is 0. The third kappa shape index (κ3) is 10.00. The Kier molecular flexibility index (Phi) is 13.1. The van der Waals surface area contributed by atoms with Gasteiger partial charge in [0.2, 0.25) is 0 Å². The van der Waals surface area contributed by atoms with Crippen molar-refractivity contribution < 1.29 is 0 Å². The van der Waals surface area contributed by atoms with Gasteiger partial charge in [0.1, 0.15) is 0 Å². The number of thioether (sulfide) groups is 1. The molecular weight excluding hydrogens is 224 g/mol. The van der Waals surface area contributed by atoms with E-state index in [1.54, 1.807) is 0 Å². The first-order chi connectivity index (χ1) is 8.26. The van der Waals surface area contributed by atoms with Crippen LogP contribution in [0.4, 0.5) is 0 Å². The molecule has 2 unspecified atom stereocenters. The number of hydrogen-bond donors (Lipinski definition) is 0. The van der Waals surface area contributed by atoms with E-state index in [0.717, 1.165) is 11.8 Å². The molecule has 104 valence electrons. The molecule has 0 amide bonds. The quantitative estimate of drug-likeness (QED) is 0.378. The second-order valence-electron chi connectivity index (χ2n) is 5.48. The van der Waals surface area contributed by atoms with Crippen LogP contribution in [0, 0.1) is 11.8 Å². The molecule has 0 aliphatic heterocycles. The molecule has 0 heterocycles. The highest BCUT2D eigenvalue weighted by atomic mass is 32.2. The molecule has 0 radical (unpaired) electrons. The highest BCUT2D eigenvalue weighted by molar-refractivity contribution is 7.98. The molecule has 0 nitrogen and oxygen atoms in total. The van der Waals surface area contributed by atoms with Gasteiger partial charge in [-0.2, -0.15) is 11.8 Å². The summed E-state index contributed by atoms with van der Waals surface area (Å²) in [5.41, 5.74) is 0. The minimum atomic E-state index is 0.933. The Hall–Kier alpha value is 0.350. The molecule has 0 bridgehead atoms. The zero-order valence-corrected chi connectivity index (χ0v) is 13.5. The van der Waals surface area contributed by atoms with Crippen LogP contribution in [0.15, 0.2) is 0 Å². The molecule has 0 rings (SSSR count). The zero-order chi connectivity index (χ0) is 12.9. The minimum absolute atomic E-state index is 0.933. The Labute approximate surface area is 114 Å². The van der Waals surface area contributed by atoms with E-state index in [1.165, 1.54) is 63.5 Å². The van der Waals surface area contributed by atoms with Gasteiger partial charge in [-0.1, -0.05) is 72.1 Å². The number of rotatable bonds is 12. The molecule has 0 saturated heterocycles. The molecule has 0 N–H and O–H groups in total. The third-order valence-corrected chi connectivity index (χ3v) is 4.68. The van der Waals surface area contributed by atoms with Crippen LogP contribution < -0.4 is 0 Å². The van der Waals surface area contributed by atoms with Gasteiger partial charge in [-0.15, -0.1) is 0 Å². The molecule has 0 aliphatic carbocycles. The third-order valence-electron chi connectivity index (χ3n) is 4.03. The van der Waals surface area contributed by atoms with E-state index in [1.807, 2.05) is 11.8 Å². The van der Waals surface area contributed by atoms with E-state index in [2.05, 4.69) is 27.0 Å². The molecule has 2 atom stereocenters. The Morgan fingerprint density at radius 3 is 2.12 bits per heavy atom. The van der Waals surface area contributed by atoms with Crippen LogP contribution in [0.5, 0.6) is 0 Å². The van der Waals surface area contributed by atoms with Crippen molar-refractivity contribution in [3.05, 3.63) is 0 Å². The maximum atomic E-state index is 2.46. The maximum Gasteiger partial charge on any atom is -0.00677 e. The SMILES string of the molecule is CCCCCCCCC(CC)C(C)CCSC. The zero-order valence-electron chi connectivity index (χ0n) is 12.6. The topological polar surface area (TPSA) is 0 Å². The summed E-state index contributed by atoms with van der Waals surface area (Å²) in [6.45, 7) is 7.12. The first-order valence-corrected chi connectivity index (χ1v) is 9.14. The summed E-state index contributed by atoms with van der Waals surface area (Å²) in [7, 11) is 0. The fourth-order valence-corrected chi connectivity index (χ4v) is 3.22. The average molecular weight is 259 g/mol. The normalized spacial score (nSPS) is 14.8. The smallest absolute Gasteiger partial charge is 0.00677 e. The molecule has 0 aromatic rings. The summed E-state index contributed by atoms with van der Waals surface area (Å²) >= 11 is 2.00. The van der Waals surface area contributed by atoms with Crippen molar-refractivity contribution in [2.45, 2.75) is 78.6 Å². The van der Waals surface area contributed by atoms with Gasteiger partial charge in [-0.25, -0.2) is 0 Å². The lowest BCUT2D eigenvalue weighted by Crippen LogP contribution is -2.11. The van der Waals surface area contributed by atoms with Gasteiger partial charge >= 0.3 is 0 Å². The number of hydrogen-bond acceptors (Lipinski definition) is 1. The lowest BCUT2D eigenvalue weighted by Gasteiger charge is -2.22. The fraction of sp³-hybridized carbons (Fsp3) is 1.00. The predicted octanol–water partition coefficient (Wildman–Crippen LogP) is 6.15. The van der Waals surface area contributed by atoms with Crippen LogP contribution in [0.25, 0.3) is 0 Å². The van der Waals surface area contributed by atoms with Gasteiger partial charge in [0.25, 0.3) is 0 Å². The Morgan fingerprint density at radius 2 is 1.53 bits per heavy atom. The Morgan fingerprint density at radius 1 is 0.882 bits per heavy atom. The standard InChI is InChI=1S/C16H34S/c1-5-7-8-9-10-11-12-16(6-2)15(3)13-14-17-4/h15-16H,5-14H2,1-4H3. The fourth-order valence-electron chi connectivity index (χ4n) is 2.62. The average Bonchev–Trinajstić information content (AvgIpc) is 2.35. The van der Waals surface area contributed by atoms with E-state index in [-0.39, 0.29) is 0 Å². The van der Waals surface area contributed by atoms with Crippen LogP contribution in [-0.2, 0) is 0 Å². The second kappa shape index (κ2) is 12.8.